The van der Waals surface area contributed by atoms with Gasteiger partial charge in [0.2, 0.25) is 0 Å². The Bertz CT molecular complexity index is 816. The maximum Gasteiger partial charge on any atom is 0.260 e. The topological polar surface area (TPSA) is 60.1 Å². The van der Waals surface area contributed by atoms with Gasteiger partial charge in [-0.3, -0.25) is 4.79 Å². The van der Waals surface area contributed by atoms with Gasteiger partial charge in [0.15, 0.2) is 0 Å². The van der Waals surface area contributed by atoms with E-state index in [2.05, 4.69) is 5.32 Å². The molecule has 1 aromatic carbocycles. The van der Waals surface area contributed by atoms with Crippen molar-refractivity contribution < 1.29 is 9.21 Å². The van der Waals surface area contributed by atoms with E-state index in [1.807, 2.05) is 41.1 Å². The Morgan fingerprint density at radius 3 is 2.67 bits per heavy atom. The SMILES string of the molecule is O=C(Nc1cc(C2CCCC2)nn1-c1ccccc1)c1ccoc1. The lowest BCUT2D eigenvalue weighted by Gasteiger charge is -2.08. The number of hydrogen-bond acceptors (Lipinski definition) is 3. The minimum Gasteiger partial charge on any atom is -0.472 e. The number of nitrogens with zero attached hydrogens (tertiary/aromatic N) is 2. The second kappa shape index (κ2) is 6.35. The van der Waals surface area contributed by atoms with Crippen LogP contribution >= 0.6 is 0 Å². The zero-order chi connectivity index (χ0) is 16.4. The molecule has 1 N–H and O–H groups in total. The van der Waals surface area contributed by atoms with Crippen LogP contribution < -0.4 is 5.32 Å². The molecule has 5 heteroatoms. The summed E-state index contributed by atoms with van der Waals surface area (Å²) >= 11 is 0. The van der Waals surface area contributed by atoms with Crippen LogP contribution in [0.5, 0.6) is 0 Å². The molecule has 1 fully saturated rings. The molecule has 1 aliphatic rings. The number of aromatic nitrogens is 2. The Kier molecular flexibility index (Phi) is 3.91. The average Bonchev–Trinajstić information content (AvgIpc) is 3.36. The number of hydrogen-bond donors (Lipinski definition) is 1. The molecule has 2 heterocycles. The van der Waals surface area contributed by atoms with Crippen LogP contribution in [0.25, 0.3) is 5.69 Å². The van der Waals surface area contributed by atoms with Gasteiger partial charge in [-0.25, -0.2) is 4.68 Å². The number of carbonyl (C=O) groups is 1. The van der Waals surface area contributed by atoms with Crippen molar-refractivity contribution in [3.8, 4) is 5.69 Å². The first-order valence-electron chi connectivity index (χ1n) is 8.30. The number of anilines is 1. The summed E-state index contributed by atoms with van der Waals surface area (Å²) in [6, 6.07) is 13.5. The molecule has 5 nitrogen and oxygen atoms in total. The number of carbonyl (C=O) groups excluding carboxylic acids is 1. The normalized spacial score (nSPS) is 14.8. The van der Waals surface area contributed by atoms with E-state index in [0.717, 1.165) is 11.4 Å². The van der Waals surface area contributed by atoms with Crippen LogP contribution in [0.4, 0.5) is 5.82 Å². The van der Waals surface area contributed by atoms with Gasteiger partial charge in [0.1, 0.15) is 12.1 Å². The van der Waals surface area contributed by atoms with Crippen LogP contribution in [-0.4, -0.2) is 15.7 Å². The highest BCUT2D eigenvalue weighted by molar-refractivity contribution is 6.03. The second-order valence-corrected chi connectivity index (χ2v) is 6.15. The molecule has 3 aromatic rings. The van der Waals surface area contributed by atoms with Crippen molar-refractivity contribution in [3.63, 3.8) is 0 Å². The molecule has 4 rings (SSSR count). The highest BCUT2D eigenvalue weighted by atomic mass is 16.3. The third-order valence-corrected chi connectivity index (χ3v) is 4.53. The second-order valence-electron chi connectivity index (χ2n) is 6.15. The molecule has 0 bridgehead atoms. The molecule has 122 valence electrons. The summed E-state index contributed by atoms with van der Waals surface area (Å²) in [6.07, 6.45) is 7.77. The molecule has 0 saturated heterocycles. The summed E-state index contributed by atoms with van der Waals surface area (Å²) in [4.78, 5) is 12.4. The Hall–Kier alpha value is -2.82. The van der Waals surface area contributed by atoms with Crippen molar-refractivity contribution in [2.45, 2.75) is 31.6 Å². The third kappa shape index (κ3) is 2.85. The van der Waals surface area contributed by atoms with Crippen molar-refractivity contribution in [1.29, 1.82) is 0 Å². The summed E-state index contributed by atoms with van der Waals surface area (Å²) in [5.74, 6) is 0.979. The fourth-order valence-corrected chi connectivity index (χ4v) is 3.26. The predicted molar refractivity (Wildman–Crippen MR) is 91.4 cm³/mol. The van der Waals surface area contributed by atoms with Crippen LogP contribution in [0, 0.1) is 0 Å². The number of nitrogens with one attached hydrogen (secondary N) is 1. The molecule has 1 saturated carbocycles. The van der Waals surface area contributed by atoms with E-state index in [1.54, 1.807) is 6.07 Å². The van der Waals surface area contributed by atoms with E-state index in [9.17, 15) is 4.79 Å². The van der Waals surface area contributed by atoms with Crippen LogP contribution in [-0.2, 0) is 0 Å². The van der Waals surface area contributed by atoms with E-state index < -0.39 is 0 Å². The van der Waals surface area contributed by atoms with Crippen molar-refractivity contribution in [1.82, 2.24) is 9.78 Å². The number of benzene rings is 1. The van der Waals surface area contributed by atoms with Gasteiger partial charge in [0, 0.05) is 12.0 Å². The van der Waals surface area contributed by atoms with Crippen LogP contribution in [0.3, 0.4) is 0 Å². The molecule has 0 atom stereocenters. The van der Waals surface area contributed by atoms with Crippen molar-refractivity contribution in [2.24, 2.45) is 0 Å². The van der Waals surface area contributed by atoms with Gasteiger partial charge in [0.25, 0.3) is 5.91 Å². The molecule has 2 aromatic heterocycles. The smallest absolute Gasteiger partial charge is 0.260 e. The molecular formula is C19H19N3O2. The predicted octanol–water partition coefficient (Wildman–Crippen LogP) is 4.38. The van der Waals surface area contributed by atoms with E-state index in [-0.39, 0.29) is 5.91 Å². The molecule has 0 radical (unpaired) electrons. The van der Waals surface area contributed by atoms with Gasteiger partial charge in [0.05, 0.1) is 23.2 Å². The van der Waals surface area contributed by atoms with Gasteiger partial charge < -0.3 is 9.73 Å². The quantitative estimate of drug-likeness (QED) is 0.776. The summed E-state index contributed by atoms with van der Waals surface area (Å²) in [6.45, 7) is 0. The molecule has 0 unspecified atom stereocenters. The largest absolute Gasteiger partial charge is 0.472 e. The average molecular weight is 321 g/mol. The van der Waals surface area contributed by atoms with Crippen molar-refractivity contribution >= 4 is 11.7 Å². The Balaban J connectivity index is 1.69. The lowest BCUT2D eigenvalue weighted by atomic mass is 10.0. The van der Waals surface area contributed by atoms with Crippen molar-refractivity contribution in [3.05, 3.63) is 66.2 Å². The molecule has 0 aliphatic heterocycles. The molecule has 1 aliphatic carbocycles. The van der Waals surface area contributed by atoms with E-state index in [0.29, 0.717) is 17.3 Å². The Morgan fingerprint density at radius 1 is 1.17 bits per heavy atom. The molecule has 1 amide bonds. The minimum atomic E-state index is -0.196. The fourth-order valence-electron chi connectivity index (χ4n) is 3.26. The van der Waals surface area contributed by atoms with Crippen LogP contribution in [0.15, 0.2) is 59.4 Å². The molecular weight excluding hydrogens is 302 g/mol. The van der Waals surface area contributed by atoms with Gasteiger partial charge in [-0.2, -0.15) is 5.10 Å². The number of rotatable bonds is 4. The maximum absolute atomic E-state index is 12.4. The van der Waals surface area contributed by atoms with Gasteiger partial charge >= 0.3 is 0 Å². The van der Waals surface area contributed by atoms with Crippen LogP contribution in [0.1, 0.15) is 47.7 Å². The standard InChI is InChI=1S/C19H19N3O2/c23-19(15-10-11-24-13-15)20-18-12-17(14-6-4-5-7-14)21-22(18)16-8-2-1-3-9-16/h1-3,8-14H,4-7H2,(H,20,23). The first-order valence-corrected chi connectivity index (χ1v) is 8.30. The summed E-state index contributed by atoms with van der Waals surface area (Å²) in [5, 5.41) is 7.73. The van der Waals surface area contributed by atoms with Gasteiger partial charge in [-0.05, 0) is 31.0 Å². The number of amides is 1. The third-order valence-electron chi connectivity index (χ3n) is 4.53. The zero-order valence-electron chi connectivity index (χ0n) is 13.3. The number of furan rings is 1. The Morgan fingerprint density at radius 2 is 1.96 bits per heavy atom. The lowest BCUT2D eigenvalue weighted by Crippen LogP contribution is -2.14. The summed E-state index contributed by atoms with van der Waals surface area (Å²) < 4.78 is 6.80. The van der Waals surface area contributed by atoms with E-state index >= 15 is 0 Å². The maximum atomic E-state index is 12.4. The monoisotopic (exact) mass is 321 g/mol. The summed E-state index contributed by atoms with van der Waals surface area (Å²) in [5.41, 5.74) is 2.49. The zero-order valence-corrected chi connectivity index (χ0v) is 13.3. The van der Waals surface area contributed by atoms with Crippen molar-refractivity contribution in [2.75, 3.05) is 5.32 Å². The first-order chi connectivity index (χ1) is 11.8. The highest BCUT2D eigenvalue weighted by Gasteiger charge is 2.22. The fraction of sp³-hybridized carbons (Fsp3) is 0.263. The van der Waals surface area contributed by atoms with Crippen LogP contribution in [0.2, 0.25) is 0 Å². The number of para-hydroxylation sites is 1. The van der Waals surface area contributed by atoms with E-state index in [1.165, 1.54) is 38.2 Å². The highest BCUT2D eigenvalue weighted by Crippen LogP contribution is 2.35. The lowest BCUT2D eigenvalue weighted by molar-refractivity contribution is 0.102. The first kappa shape index (κ1) is 14.8. The summed E-state index contributed by atoms with van der Waals surface area (Å²) in [7, 11) is 0. The Labute approximate surface area is 140 Å². The molecule has 0 spiro atoms. The van der Waals surface area contributed by atoms with Gasteiger partial charge in [-0.1, -0.05) is 31.0 Å². The minimum absolute atomic E-state index is 0.196. The van der Waals surface area contributed by atoms with Gasteiger partial charge in [-0.15, -0.1) is 0 Å². The van der Waals surface area contributed by atoms with E-state index in [4.69, 9.17) is 9.52 Å². The molecule has 24 heavy (non-hydrogen) atoms.